The summed E-state index contributed by atoms with van der Waals surface area (Å²) in [6.07, 6.45) is 4.19. The van der Waals surface area contributed by atoms with Crippen LogP contribution in [0, 0.1) is 0 Å². The van der Waals surface area contributed by atoms with Gasteiger partial charge >= 0.3 is 0 Å². The van der Waals surface area contributed by atoms with E-state index in [1.54, 1.807) is 24.3 Å². The number of piperidine rings is 1. The van der Waals surface area contributed by atoms with Gasteiger partial charge in [0.05, 0.1) is 4.90 Å². The van der Waals surface area contributed by atoms with Gasteiger partial charge in [0.2, 0.25) is 15.9 Å². The molecule has 1 amide bonds. The second kappa shape index (κ2) is 9.36. The van der Waals surface area contributed by atoms with Gasteiger partial charge in [-0.1, -0.05) is 12.1 Å². The van der Waals surface area contributed by atoms with E-state index in [4.69, 9.17) is 5.73 Å². The van der Waals surface area contributed by atoms with Gasteiger partial charge in [-0.05, 0) is 50.4 Å². The Kier molecular flexibility index (Phi) is 8.15. The maximum atomic E-state index is 12.4. The minimum Gasteiger partial charge on any atom is -0.338 e. The number of likely N-dealkylation sites (tertiary alicyclic amines) is 1. The van der Waals surface area contributed by atoms with Crippen LogP contribution in [-0.4, -0.2) is 45.4 Å². The molecule has 1 aliphatic heterocycles. The zero-order valence-corrected chi connectivity index (χ0v) is 15.5. The maximum Gasteiger partial charge on any atom is 0.240 e. The molecule has 1 fully saturated rings. The molecule has 1 heterocycles. The summed E-state index contributed by atoms with van der Waals surface area (Å²) in [5, 5.41) is 0. The van der Waals surface area contributed by atoms with Gasteiger partial charge in [-0.25, -0.2) is 13.1 Å². The van der Waals surface area contributed by atoms with Crippen LogP contribution in [-0.2, 0) is 21.2 Å². The molecule has 1 atom stereocenters. The van der Waals surface area contributed by atoms with Gasteiger partial charge < -0.3 is 10.6 Å². The van der Waals surface area contributed by atoms with Gasteiger partial charge in [-0.3, -0.25) is 4.79 Å². The maximum absolute atomic E-state index is 12.4. The number of rotatable bonds is 6. The topological polar surface area (TPSA) is 92.5 Å². The zero-order chi connectivity index (χ0) is 16.9. The highest BCUT2D eigenvalue weighted by atomic mass is 35.5. The van der Waals surface area contributed by atoms with E-state index in [0.29, 0.717) is 19.4 Å². The number of hydrogen-bond donors (Lipinski definition) is 2. The van der Waals surface area contributed by atoms with Crippen molar-refractivity contribution in [3.8, 4) is 0 Å². The van der Waals surface area contributed by atoms with Crippen LogP contribution < -0.4 is 10.5 Å². The molecule has 136 valence electrons. The highest BCUT2D eigenvalue weighted by Gasteiger charge is 2.25. The number of carbonyl (C=O) groups is 1. The number of nitrogens with zero attached hydrogens (tertiary/aromatic N) is 1. The summed E-state index contributed by atoms with van der Waals surface area (Å²) in [5.41, 5.74) is 6.71. The van der Waals surface area contributed by atoms with Crippen molar-refractivity contribution in [3.63, 3.8) is 0 Å². The highest BCUT2D eigenvalue weighted by Crippen LogP contribution is 2.18. The number of benzene rings is 1. The largest absolute Gasteiger partial charge is 0.338 e. The minimum atomic E-state index is -3.41. The third-order valence-corrected chi connectivity index (χ3v) is 5.78. The lowest BCUT2D eigenvalue weighted by Gasteiger charge is -2.35. The lowest BCUT2D eigenvalue weighted by molar-refractivity contribution is -0.134. The van der Waals surface area contributed by atoms with Gasteiger partial charge in [-0.15, -0.1) is 12.4 Å². The third kappa shape index (κ3) is 5.17. The van der Waals surface area contributed by atoms with Crippen LogP contribution in [0.1, 0.15) is 31.2 Å². The Morgan fingerprint density at radius 1 is 1.29 bits per heavy atom. The molecule has 1 aromatic carbocycles. The van der Waals surface area contributed by atoms with Gasteiger partial charge in [-0.2, -0.15) is 0 Å². The Morgan fingerprint density at radius 3 is 2.54 bits per heavy atom. The smallest absolute Gasteiger partial charge is 0.240 e. The Hall–Kier alpha value is -1.15. The molecule has 3 N–H and O–H groups in total. The summed E-state index contributed by atoms with van der Waals surface area (Å²) in [6, 6.07) is 6.81. The number of aryl methyl sites for hydroxylation is 1. The number of nitrogens with two attached hydrogens (primary N) is 1. The monoisotopic (exact) mass is 375 g/mol. The lowest BCUT2D eigenvalue weighted by atomic mass is 10.0. The highest BCUT2D eigenvalue weighted by molar-refractivity contribution is 7.89. The Labute approximate surface area is 150 Å². The molecular formula is C16H26ClN3O3S. The van der Waals surface area contributed by atoms with Crippen LogP contribution in [0.3, 0.4) is 0 Å². The predicted molar refractivity (Wildman–Crippen MR) is 96.7 cm³/mol. The van der Waals surface area contributed by atoms with Crippen LogP contribution >= 0.6 is 12.4 Å². The van der Waals surface area contributed by atoms with Gasteiger partial charge in [0.25, 0.3) is 0 Å². The molecule has 1 saturated heterocycles. The summed E-state index contributed by atoms with van der Waals surface area (Å²) in [4.78, 5) is 14.5. The van der Waals surface area contributed by atoms with E-state index in [9.17, 15) is 13.2 Å². The first-order valence-corrected chi connectivity index (χ1v) is 9.48. The Bertz CT molecular complexity index is 634. The molecule has 0 saturated carbocycles. The van der Waals surface area contributed by atoms with E-state index in [-0.39, 0.29) is 29.3 Å². The molecule has 0 radical (unpaired) electrons. The number of amides is 1. The summed E-state index contributed by atoms with van der Waals surface area (Å²) >= 11 is 0. The number of halogens is 1. The third-order valence-electron chi connectivity index (χ3n) is 4.35. The van der Waals surface area contributed by atoms with Crippen LogP contribution in [0.15, 0.2) is 29.2 Å². The summed E-state index contributed by atoms with van der Waals surface area (Å²) < 4.78 is 25.6. The van der Waals surface area contributed by atoms with Gasteiger partial charge in [0.15, 0.2) is 0 Å². The molecule has 1 unspecified atom stereocenters. The molecule has 0 spiro atoms. The van der Waals surface area contributed by atoms with E-state index in [0.717, 1.165) is 31.4 Å². The lowest BCUT2D eigenvalue weighted by Crippen LogP contribution is -2.47. The molecular weight excluding hydrogens is 350 g/mol. The fourth-order valence-corrected chi connectivity index (χ4v) is 3.65. The number of nitrogens with one attached hydrogen (secondary N) is 1. The summed E-state index contributed by atoms with van der Waals surface area (Å²) in [7, 11) is -2.03. The Balaban J connectivity index is 0.00000288. The quantitative estimate of drug-likeness (QED) is 0.783. The van der Waals surface area contributed by atoms with Crippen LogP contribution in [0.4, 0.5) is 0 Å². The molecule has 1 aromatic rings. The van der Waals surface area contributed by atoms with Crippen LogP contribution in [0.2, 0.25) is 0 Å². The van der Waals surface area contributed by atoms with Crippen LogP contribution in [0.5, 0.6) is 0 Å². The predicted octanol–water partition coefficient (Wildman–Crippen LogP) is 1.29. The Morgan fingerprint density at radius 2 is 1.96 bits per heavy atom. The molecule has 0 bridgehead atoms. The normalized spacial score (nSPS) is 18.1. The molecule has 1 aliphatic rings. The molecule has 8 heteroatoms. The molecule has 0 aliphatic carbocycles. The van der Waals surface area contributed by atoms with Crippen molar-refractivity contribution in [2.45, 2.75) is 43.0 Å². The van der Waals surface area contributed by atoms with Crippen LogP contribution in [0.25, 0.3) is 0 Å². The van der Waals surface area contributed by atoms with Gasteiger partial charge in [0, 0.05) is 25.6 Å². The van der Waals surface area contributed by atoms with Crippen molar-refractivity contribution in [2.75, 3.05) is 20.1 Å². The average molecular weight is 376 g/mol. The first-order chi connectivity index (χ1) is 11.0. The van der Waals surface area contributed by atoms with E-state index in [1.807, 2.05) is 4.90 Å². The van der Waals surface area contributed by atoms with Crippen molar-refractivity contribution in [3.05, 3.63) is 29.8 Å². The van der Waals surface area contributed by atoms with E-state index in [1.165, 1.54) is 7.05 Å². The van der Waals surface area contributed by atoms with E-state index >= 15 is 0 Å². The molecule has 6 nitrogen and oxygen atoms in total. The second-order valence-electron chi connectivity index (χ2n) is 5.82. The molecule has 24 heavy (non-hydrogen) atoms. The first kappa shape index (κ1) is 20.9. The summed E-state index contributed by atoms with van der Waals surface area (Å²) in [6.45, 7) is 1.31. The summed E-state index contributed by atoms with van der Waals surface area (Å²) in [5.74, 6) is 0.132. The zero-order valence-electron chi connectivity index (χ0n) is 13.9. The number of hydrogen-bond acceptors (Lipinski definition) is 4. The fraction of sp³-hybridized carbons (Fsp3) is 0.562. The standard InChI is InChI=1S/C16H25N3O3S.ClH/c1-18-23(21,22)15-8-5-13(6-9-15)7-10-16(20)19-11-3-2-4-14(19)12-17;/h5-6,8-9,14,18H,2-4,7,10-12,17H2,1H3;1H. The van der Waals surface area contributed by atoms with Crippen molar-refractivity contribution in [1.29, 1.82) is 0 Å². The second-order valence-corrected chi connectivity index (χ2v) is 7.71. The van der Waals surface area contributed by atoms with Crippen molar-refractivity contribution in [1.82, 2.24) is 9.62 Å². The number of carbonyl (C=O) groups excluding carboxylic acids is 1. The van der Waals surface area contributed by atoms with Gasteiger partial charge in [0.1, 0.15) is 0 Å². The average Bonchev–Trinajstić information content (AvgIpc) is 2.60. The first-order valence-electron chi connectivity index (χ1n) is 8.00. The number of sulfonamides is 1. The SMILES string of the molecule is CNS(=O)(=O)c1ccc(CCC(=O)N2CCCCC2CN)cc1.Cl. The van der Waals surface area contributed by atoms with Crippen molar-refractivity contribution in [2.24, 2.45) is 5.73 Å². The molecule has 0 aromatic heterocycles. The fourth-order valence-electron chi connectivity index (χ4n) is 2.92. The van der Waals surface area contributed by atoms with E-state index in [2.05, 4.69) is 4.72 Å². The molecule has 2 rings (SSSR count). The minimum absolute atomic E-state index is 0. The van der Waals surface area contributed by atoms with E-state index < -0.39 is 10.0 Å². The van der Waals surface area contributed by atoms with Crippen molar-refractivity contribution >= 4 is 28.3 Å². The van der Waals surface area contributed by atoms with Crippen molar-refractivity contribution < 1.29 is 13.2 Å².